The van der Waals surface area contributed by atoms with Gasteiger partial charge in [0.2, 0.25) is 0 Å². The van der Waals surface area contributed by atoms with Crippen molar-refractivity contribution < 1.29 is 46.3 Å². The monoisotopic (exact) mass is 1200 g/mol. The van der Waals surface area contributed by atoms with Gasteiger partial charge < -0.3 is 31.9 Å². The number of Topliss-reactive ketones (excluding diaryl/α,β-unsaturated/α-hetero) is 2. The number of rotatable bonds is 35. The number of hydrogen-bond acceptors (Lipinski definition) is 10. The molecule has 0 saturated carbocycles. The van der Waals surface area contributed by atoms with Crippen LogP contribution in [0.4, 0.5) is 0 Å². The molecule has 1 aliphatic rings. The van der Waals surface area contributed by atoms with Gasteiger partial charge in [0, 0.05) is 38.4 Å². The SMILES string of the molecule is CC[Si](CC)(CC)O[C@H](CCOCc1ccccc1)CC[C@@](C)(O[Si](C)(C)C(C)(C)C)C(=O)CCC(=O)CCC/C=C/C(=O)C[C@@H](C)C(O[Si](C)(C)C(C)(C)C)[C@@H]1OC(C)(C)O[C@H]1CO[Si](c1ccccc1)(c1ccccc1)C(C)(C)C. The van der Waals surface area contributed by atoms with E-state index in [0.717, 1.165) is 30.1 Å². The number of carbonyl (C=O) groups excluding carboxylic acids is 3. The highest BCUT2D eigenvalue weighted by Gasteiger charge is 2.55. The van der Waals surface area contributed by atoms with Crippen molar-refractivity contribution >= 4 is 61.0 Å². The van der Waals surface area contributed by atoms with Crippen molar-refractivity contribution in [1.82, 2.24) is 0 Å². The van der Waals surface area contributed by atoms with E-state index in [-0.39, 0.29) is 70.4 Å². The molecular weight excluding hydrogens is 1090 g/mol. The smallest absolute Gasteiger partial charge is 0.261 e. The molecule has 1 saturated heterocycles. The van der Waals surface area contributed by atoms with Crippen molar-refractivity contribution in [3.63, 3.8) is 0 Å². The van der Waals surface area contributed by atoms with Gasteiger partial charge in [0.1, 0.15) is 23.6 Å². The molecule has 1 unspecified atom stereocenters. The summed E-state index contributed by atoms with van der Waals surface area (Å²) in [5.74, 6) is -1.12. The first-order chi connectivity index (χ1) is 38.1. The molecule has 0 radical (unpaired) electrons. The Morgan fingerprint density at radius 2 is 1.21 bits per heavy atom. The van der Waals surface area contributed by atoms with E-state index in [1.54, 1.807) is 6.08 Å². The van der Waals surface area contributed by atoms with Crippen molar-refractivity contribution in [3.8, 4) is 0 Å². The highest BCUT2D eigenvalue weighted by Crippen LogP contribution is 2.44. The molecule has 0 aromatic heterocycles. The molecule has 0 N–H and O–H groups in total. The maximum Gasteiger partial charge on any atom is 0.261 e. The highest BCUT2D eigenvalue weighted by atomic mass is 28.4. The maximum absolute atomic E-state index is 14.5. The molecule has 0 aliphatic carbocycles. The third-order valence-corrected chi connectivity index (χ3v) is 37.1. The van der Waals surface area contributed by atoms with Crippen LogP contribution in [-0.2, 0) is 52.9 Å². The second-order valence-corrected chi connectivity index (χ2v) is 46.8. The zero-order chi connectivity index (χ0) is 61.4. The van der Waals surface area contributed by atoms with Crippen molar-refractivity contribution in [2.75, 3.05) is 13.2 Å². The van der Waals surface area contributed by atoms with Crippen molar-refractivity contribution in [3.05, 3.63) is 109 Å². The van der Waals surface area contributed by atoms with Crippen LogP contribution < -0.4 is 10.4 Å². The summed E-state index contributed by atoms with van der Waals surface area (Å²) < 4.78 is 48.9. The standard InChI is InChI=1S/C68H112O10Si4/c1-21-81(22-2,23-3)76-57(47-49-72-51-54-36-28-24-29-37-54)46-48-68(16,78-80(19,20)65(8,9)10)61(71)45-44-55(69)38-30-25-31-39-56(70)50-53(4)62(77-79(17,18)64(5,6)7)63-60(74-67(14,15)75-63)52-73-82(66(11,12)13,58-40-32-26-33-41-58)59-42-34-27-35-43-59/h24,26-29,31-37,39-43,53,57,60,62-63H,21-23,25,30,38,44-52H2,1-20H3/b39-31+/t53-,57+,60+,62?,63-,68-/m1/s1. The quantitative estimate of drug-likeness (QED) is 0.0320. The van der Waals surface area contributed by atoms with Gasteiger partial charge in [-0.2, -0.15) is 0 Å². The zero-order valence-corrected chi connectivity index (χ0v) is 58.9. The van der Waals surface area contributed by atoms with Crippen LogP contribution in [0.1, 0.15) is 174 Å². The normalized spacial score (nSPS) is 18.5. The number of hydrogen-bond donors (Lipinski definition) is 0. The summed E-state index contributed by atoms with van der Waals surface area (Å²) in [6.45, 7) is 45.1. The van der Waals surface area contributed by atoms with E-state index < -0.39 is 63.0 Å². The Kier molecular flexibility index (Phi) is 26.6. The average molecular weight is 1200 g/mol. The zero-order valence-electron chi connectivity index (χ0n) is 54.9. The molecule has 460 valence electrons. The minimum absolute atomic E-state index is 0.00738. The van der Waals surface area contributed by atoms with Gasteiger partial charge in [0.25, 0.3) is 8.32 Å². The number of allylic oxidation sites excluding steroid dienone is 2. The molecule has 0 bridgehead atoms. The van der Waals surface area contributed by atoms with Gasteiger partial charge in [-0.3, -0.25) is 14.4 Å². The predicted molar refractivity (Wildman–Crippen MR) is 349 cm³/mol. The Bertz CT molecular complexity index is 2390. The molecule has 3 aromatic rings. The minimum Gasteiger partial charge on any atom is -0.414 e. The Balaban J connectivity index is 1.44. The topological polar surface area (TPSA) is 116 Å². The summed E-state index contributed by atoms with van der Waals surface area (Å²) in [6, 6.07) is 34.6. The molecule has 0 spiro atoms. The lowest BCUT2D eigenvalue weighted by molar-refractivity contribution is -0.158. The molecule has 14 heteroatoms. The van der Waals surface area contributed by atoms with Gasteiger partial charge in [-0.05, 0) is 140 Å². The van der Waals surface area contributed by atoms with E-state index in [0.29, 0.717) is 45.3 Å². The van der Waals surface area contributed by atoms with Crippen LogP contribution in [0.25, 0.3) is 0 Å². The van der Waals surface area contributed by atoms with Crippen LogP contribution in [0.2, 0.25) is 59.4 Å². The Hall–Kier alpha value is -3.00. The van der Waals surface area contributed by atoms with Gasteiger partial charge >= 0.3 is 0 Å². The van der Waals surface area contributed by atoms with E-state index in [9.17, 15) is 14.4 Å². The van der Waals surface area contributed by atoms with Crippen LogP contribution in [0.3, 0.4) is 0 Å². The maximum atomic E-state index is 14.5. The number of ketones is 3. The summed E-state index contributed by atoms with van der Waals surface area (Å²) in [5.41, 5.74) is 0.0743. The van der Waals surface area contributed by atoms with Crippen LogP contribution in [0.5, 0.6) is 0 Å². The van der Waals surface area contributed by atoms with Crippen LogP contribution >= 0.6 is 0 Å². The van der Waals surface area contributed by atoms with Crippen molar-refractivity contribution in [2.24, 2.45) is 5.92 Å². The Morgan fingerprint density at radius 1 is 0.671 bits per heavy atom. The number of benzene rings is 3. The molecule has 1 aliphatic heterocycles. The second-order valence-electron chi connectivity index (χ2n) is 28.3. The van der Waals surface area contributed by atoms with E-state index in [1.807, 2.05) is 45.0 Å². The second kappa shape index (κ2) is 30.6. The largest absolute Gasteiger partial charge is 0.414 e. The molecular formula is C68H112O10Si4. The van der Waals surface area contributed by atoms with E-state index in [1.165, 1.54) is 10.4 Å². The summed E-state index contributed by atoms with van der Waals surface area (Å²) in [6.07, 6.45) is 5.99. The first kappa shape index (κ1) is 71.5. The van der Waals surface area contributed by atoms with Crippen LogP contribution in [-0.4, -0.2) is 99.6 Å². The van der Waals surface area contributed by atoms with Crippen LogP contribution in [0.15, 0.2) is 103 Å². The third-order valence-electron chi connectivity index (χ3n) is 18.4. The number of unbranched alkanes of at least 4 members (excludes halogenated alkanes) is 1. The molecule has 1 fully saturated rings. The van der Waals surface area contributed by atoms with Crippen LogP contribution in [0, 0.1) is 5.92 Å². The predicted octanol–water partition coefficient (Wildman–Crippen LogP) is 16.3. The van der Waals surface area contributed by atoms with E-state index >= 15 is 0 Å². The van der Waals surface area contributed by atoms with E-state index in [2.05, 4.69) is 189 Å². The van der Waals surface area contributed by atoms with Crippen molar-refractivity contribution in [1.29, 1.82) is 0 Å². The summed E-state index contributed by atoms with van der Waals surface area (Å²) in [7, 11) is -9.73. The molecule has 3 aromatic carbocycles. The van der Waals surface area contributed by atoms with E-state index in [4.69, 9.17) is 31.9 Å². The summed E-state index contributed by atoms with van der Waals surface area (Å²) >= 11 is 0. The average Bonchev–Trinajstić information content (AvgIpc) is 3.72. The van der Waals surface area contributed by atoms with Gasteiger partial charge in [-0.15, -0.1) is 0 Å². The summed E-state index contributed by atoms with van der Waals surface area (Å²) in [5, 5.41) is 1.93. The Labute approximate surface area is 502 Å². The first-order valence-electron chi connectivity index (χ1n) is 31.1. The lowest BCUT2D eigenvalue weighted by atomic mass is 9.89. The molecule has 6 atom stereocenters. The molecule has 4 rings (SSSR count). The van der Waals surface area contributed by atoms with Gasteiger partial charge in [0.15, 0.2) is 42.3 Å². The fourth-order valence-electron chi connectivity index (χ4n) is 11.0. The highest BCUT2D eigenvalue weighted by molar-refractivity contribution is 6.99. The Morgan fingerprint density at radius 3 is 1.72 bits per heavy atom. The van der Waals surface area contributed by atoms with Gasteiger partial charge in [-0.25, -0.2) is 0 Å². The lowest BCUT2D eigenvalue weighted by Gasteiger charge is -2.45. The fraction of sp³-hybridized carbons (Fsp3) is 0.662. The van der Waals surface area contributed by atoms with Gasteiger partial charge in [-0.1, -0.05) is 187 Å². The summed E-state index contributed by atoms with van der Waals surface area (Å²) in [4.78, 5) is 42.0. The third kappa shape index (κ3) is 20.0. The number of ether oxygens (including phenoxy) is 3. The van der Waals surface area contributed by atoms with Crippen molar-refractivity contribution in [2.45, 2.75) is 270 Å². The molecule has 0 amide bonds. The molecule has 82 heavy (non-hydrogen) atoms. The fourth-order valence-corrected chi connectivity index (χ4v) is 21.6. The number of carbonyl (C=O) groups is 3. The minimum atomic E-state index is -2.92. The first-order valence-corrected chi connectivity index (χ1v) is 41.4. The molecule has 1 heterocycles. The van der Waals surface area contributed by atoms with Gasteiger partial charge in [0.05, 0.1) is 19.3 Å². The lowest BCUT2D eigenvalue weighted by Crippen LogP contribution is -2.67. The molecule has 10 nitrogen and oxygen atoms in total.